The summed E-state index contributed by atoms with van der Waals surface area (Å²) < 4.78 is 17.5. The number of hydrogen-bond donors (Lipinski definition) is 0. The van der Waals surface area contributed by atoms with Crippen molar-refractivity contribution in [3.8, 4) is 0 Å². The van der Waals surface area contributed by atoms with E-state index in [2.05, 4.69) is 13.5 Å². The van der Waals surface area contributed by atoms with Crippen LogP contribution in [-0.2, 0) is 23.8 Å². The number of epoxide rings is 1. The van der Waals surface area contributed by atoms with Crippen LogP contribution in [0.2, 0.25) is 0 Å². The van der Waals surface area contributed by atoms with E-state index >= 15 is 0 Å². The molecule has 2 aliphatic heterocycles. The molecule has 0 aromatic heterocycles. The zero-order valence-electron chi connectivity index (χ0n) is 15.3. The van der Waals surface area contributed by atoms with Crippen LogP contribution in [0.3, 0.4) is 0 Å². The summed E-state index contributed by atoms with van der Waals surface area (Å²) in [5, 5.41) is 0. The highest BCUT2D eigenvalue weighted by atomic mass is 16.6. The third kappa shape index (κ3) is 2.24. The molecular formula is C20H26O5. The van der Waals surface area contributed by atoms with Crippen molar-refractivity contribution in [1.29, 1.82) is 0 Å². The van der Waals surface area contributed by atoms with E-state index in [1.807, 2.05) is 13.8 Å². The van der Waals surface area contributed by atoms with Gasteiger partial charge < -0.3 is 14.2 Å². The second-order valence-electron chi connectivity index (χ2n) is 8.27. The summed E-state index contributed by atoms with van der Waals surface area (Å²) in [7, 11) is 0. The van der Waals surface area contributed by atoms with E-state index in [0.717, 1.165) is 18.4 Å². The van der Waals surface area contributed by atoms with Gasteiger partial charge >= 0.3 is 11.9 Å². The van der Waals surface area contributed by atoms with Gasteiger partial charge in [0.05, 0.1) is 12.0 Å². The average Bonchev–Trinajstić information content (AvgIpc) is 3.33. The smallest absolute Gasteiger partial charge is 0.334 e. The number of carbonyl (C=O) groups is 2. The van der Waals surface area contributed by atoms with Gasteiger partial charge in [0.15, 0.2) is 6.10 Å². The molecule has 4 rings (SSSR count). The van der Waals surface area contributed by atoms with Gasteiger partial charge in [-0.15, -0.1) is 0 Å². The van der Waals surface area contributed by atoms with E-state index in [9.17, 15) is 9.59 Å². The maximum Gasteiger partial charge on any atom is 0.334 e. The molecule has 2 saturated carbocycles. The molecule has 136 valence electrons. The quantitative estimate of drug-likeness (QED) is 0.333. The number of fused-ring (bicyclic) bond motifs is 5. The van der Waals surface area contributed by atoms with Crippen molar-refractivity contribution in [2.24, 2.45) is 23.2 Å². The fraction of sp³-hybridized carbons (Fsp3) is 0.700. The molecule has 0 amide bonds. The Morgan fingerprint density at radius 3 is 2.80 bits per heavy atom. The third-order valence-corrected chi connectivity index (χ3v) is 6.97. The van der Waals surface area contributed by atoms with E-state index in [1.54, 1.807) is 13.0 Å². The van der Waals surface area contributed by atoms with Gasteiger partial charge in [-0.2, -0.15) is 0 Å². The summed E-state index contributed by atoms with van der Waals surface area (Å²) in [5.41, 5.74) is 1.31. The average molecular weight is 346 g/mol. The van der Waals surface area contributed by atoms with Crippen LogP contribution in [0, 0.1) is 23.2 Å². The summed E-state index contributed by atoms with van der Waals surface area (Å²) in [4.78, 5) is 24.4. The number of rotatable bonds is 2. The zero-order chi connectivity index (χ0) is 18.1. The highest BCUT2D eigenvalue weighted by Gasteiger charge is 2.70. The number of allylic oxidation sites excluding steroid dienone is 1. The Labute approximate surface area is 148 Å². The highest BCUT2D eigenvalue weighted by molar-refractivity contribution is 5.88. The van der Waals surface area contributed by atoms with E-state index < -0.39 is 6.10 Å². The molecule has 8 atom stereocenters. The van der Waals surface area contributed by atoms with Crippen molar-refractivity contribution in [3.05, 3.63) is 23.8 Å². The van der Waals surface area contributed by atoms with Crippen LogP contribution in [0.15, 0.2) is 23.8 Å². The van der Waals surface area contributed by atoms with Gasteiger partial charge in [-0.05, 0) is 32.3 Å². The Balaban J connectivity index is 1.64. The molecule has 0 spiro atoms. The molecule has 0 aromatic rings. The number of carbonyl (C=O) groups excluding carboxylic acids is 2. The largest absolute Gasteiger partial charge is 0.461 e. The van der Waals surface area contributed by atoms with Crippen LogP contribution in [0.5, 0.6) is 0 Å². The molecule has 4 aliphatic rings. The van der Waals surface area contributed by atoms with Gasteiger partial charge in [-0.25, -0.2) is 4.79 Å². The maximum absolute atomic E-state index is 12.3. The topological polar surface area (TPSA) is 65.1 Å². The lowest BCUT2D eigenvalue weighted by Gasteiger charge is -2.50. The molecule has 0 radical (unpaired) electrons. The predicted molar refractivity (Wildman–Crippen MR) is 90.5 cm³/mol. The summed E-state index contributed by atoms with van der Waals surface area (Å²) in [6.45, 7) is 12.0. The fourth-order valence-electron chi connectivity index (χ4n) is 5.22. The number of esters is 2. The third-order valence-electron chi connectivity index (χ3n) is 6.97. The maximum atomic E-state index is 12.3. The molecule has 2 saturated heterocycles. The second kappa shape index (κ2) is 5.44. The zero-order valence-corrected chi connectivity index (χ0v) is 15.3. The van der Waals surface area contributed by atoms with Crippen LogP contribution in [0.25, 0.3) is 0 Å². The molecule has 2 heterocycles. The van der Waals surface area contributed by atoms with E-state index in [1.165, 1.54) is 0 Å². The van der Waals surface area contributed by atoms with E-state index in [0.29, 0.717) is 5.57 Å². The molecule has 0 bridgehead atoms. The monoisotopic (exact) mass is 346 g/mol. The minimum Gasteiger partial charge on any atom is -0.461 e. The Bertz CT molecular complexity index is 680. The van der Waals surface area contributed by atoms with Crippen LogP contribution >= 0.6 is 0 Å². The molecule has 0 aromatic carbocycles. The predicted octanol–water partition coefficient (Wildman–Crippen LogP) is 2.80. The second-order valence-corrected chi connectivity index (χ2v) is 8.27. The standard InChI is InChI=1S/C20H26O5/c1-6-9(2)18(21)24-14-11(4)13-15-12(10(3)19(22)25-15)7-8-20(13,5)17-16(14)23-17/h6,10,12-17H,4,7-8H2,1-3,5H3. The minimum atomic E-state index is -0.459. The Morgan fingerprint density at radius 2 is 2.12 bits per heavy atom. The summed E-state index contributed by atoms with van der Waals surface area (Å²) >= 11 is 0. The number of ether oxygens (including phenoxy) is 3. The lowest BCUT2D eigenvalue weighted by atomic mass is 9.54. The van der Waals surface area contributed by atoms with Gasteiger partial charge in [-0.3, -0.25) is 4.79 Å². The molecular weight excluding hydrogens is 320 g/mol. The first-order valence-electron chi connectivity index (χ1n) is 9.18. The van der Waals surface area contributed by atoms with Crippen LogP contribution in [-0.4, -0.2) is 36.4 Å². The van der Waals surface area contributed by atoms with E-state index in [-0.39, 0.29) is 53.4 Å². The van der Waals surface area contributed by atoms with Gasteiger partial charge in [0.2, 0.25) is 0 Å². The minimum absolute atomic E-state index is 0.0207. The highest BCUT2D eigenvalue weighted by Crippen LogP contribution is 2.63. The van der Waals surface area contributed by atoms with Crippen molar-refractivity contribution >= 4 is 11.9 Å². The molecule has 0 N–H and O–H groups in total. The van der Waals surface area contributed by atoms with Crippen LogP contribution < -0.4 is 0 Å². The van der Waals surface area contributed by atoms with Crippen molar-refractivity contribution in [1.82, 2.24) is 0 Å². The van der Waals surface area contributed by atoms with Crippen molar-refractivity contribution < 1.29 is 23.8 Å². The van der Waals surface area contributed by atoms with Crippen molar-refractivity contribution in [3.63, 3.8) is 0 Å². The number of hydrogen-bond acceptors (Lipinski definition) is 5. The molecule has 25 heavy (non-hydrogen) atoms. The first kappa shape index (κ1) is 16.8. The first-order chi connectivity index (χ1) is 11.8. The Hall–Kier alpha value is -1.62. The Kier molecular flexibility index (Phi) is 3.66. The van der Waals surface area contributed by atoms with Gasteiger partial charge in [0.25, 0.3) is 0 Å². The van der Waals surface area contributed by atoms with E-state index in [4.69, 9.17) is 14.2 Å². The summed E-state index contributed by atoms with van der Waals surface area (Å²) in [6.07, 6.45) is 2.97. The van der Waals surface area contributed by atoms with Crippen LogP contribution in [0.4, 0.5) is 0 Å². The van der Waals surface area contributed by atoms with Crippen LogP contribution in [0.1, 0.15) is 40.5 Å². The molecule has 4 fully saturated rings. The summed E-state index contributed by atoms with van der Waals surface area (Å²) in [6, 6.07) is 0. The SMILES string of the molecule is C=C1C(OC(=O)C(C)=CC)C2OC2C2(C)CCC3C(C)C(=O)OC3C12. The normalized spacial score (nSPS) is 48.2. The lowest BCUT2D eigenvalue weighted by molar-refractivity contribution is -0.152. The lowest BCUT2D eigenvalue weighted by Crippen LogP contribution is -2.54. The van der Waals surface area contributed by atoms with Gasteiger partial charge in [0.1, 0.15) is 12.2 Å². The first-order valence-corrected chi connectivity index (χ1v) is 9.18. The Morgan fingerprint density at radius 1 is 1.40 bits per heavy atom. The molecule has 8 unspecified atom stereocenters. The van der Waals surface area contributed by atoms with Gasteiger partial charge in [-0.1, -0.05) is 26.5 Å². The van der Waals surface area contributed by atoms with Crippen molar-refractivity contribution in [2.45, 2.75) is 65.0 Å². The molecule has 2 aliphatic carbocycles. The molecule has 5 heteroatoms. The van der Waals surface area contributed by atoms with Crippen molar-refractivity contribution in [2.75, 3.05) is 0 Å². The molecule has 5 nitrogen and oxygen atoms in total. The fourth-order valence-corrected chi connectivity index (χ4v) is 5.22. The van der Waals surface area contributed by atoms with Gasteiger partial charge in [0, 0.05) is 22.8 Å². The summed E-state index contributed by atoms with van der Waals surface area (Å²) in [5.74, 6) is -0.342.